The number of carbonyl (C=O) groups is 1. The normalized spacial score (nSPS) is 11.1. The summed E-state index contributed by atoms with van der Waals surface area (Å²) in [5.41, 5.74) is 7.52. The predicted octanol–water partition coefficient (Wildman–Crippen LogP) is 3.37. The van der Waals surface area contributed by atoms with Crippen molar-refractivity contribution in [1.29, 1.82) is 0 Å². The molecule has 0 aliphatic carbocycles. The quantitative estimate of drug-likeness (QED) is 0.782. The van der Waals surface area contributed by atoms with E-state index in [1.54, 1.807) is 0 Å². The third kappa shape index (κ3) is 4.36. The second-order valence-electron chi connectivity index (χ2n) is 5.89. The molecule has 4 nitrogen and oxygen atoms in total. The molecule has 0 aliphatic rings. The summed E-state index contributed by atoms with van der Waals surface area (Å²) in [4.78, 5) is 12.3. The fourth-order valence-corrected chi connectivity index (χ4v) is 2.69. The number of nitrogens with two attached hydrogens (primary N) is 1. The summed E-state index contributed by atoms with van der Waals surface area (Å²) in [6, 6.07) is 17.7. The van der Waals surface area contributed by atoms with Gasteiger partial charge in [-0.15, -0.1) is 0 Å². The molecule has 4 heteroatoms. The number of hydrogen-bond acceptors (Lipinski definition) is 3. The predicted molar refractivity (Wildman–Crippen MR) is 97.9 cm³/mol. The maximum absolute atomic E-state index is 12.3. The Balaban J connectivity index is 2.06. The second kappa shape index (κ2) is 8.50. The van der Waals surface area contributed by atoms with Gasteiger partial charge in [-0.05, 0) is 24.5 Å². The minimum atomic E-state index is -0.348. The molecule has 0 fully saturated rings. The Morgan fingerprint density at radius 3 is 2.29 bits per heavy atom. The van der Waals surface area contributed by atoms with Gasteiger partial charge in [-0.25, -0.2) is 0 Å². The summed E-state index contributed by atoms with van der Waals surface area (Å²) in [7, 11) is 0. The van der Waals surface area contributed by atoms with Crippen LogP contribution in [0.4, 0.5) is 0 Å². The number of ether oxygens (including phenoxy) is 1. The number of para-hydroxylation sites is 1. The molecule has 0 radical (unpaired) electrons. The third-order valence-electron chi connectivity index (χ3n) is 4.48. The molecule has 0 atom stereocenters. The van der Waals surface area contributed by atoms with Crippen molar-refractivity contribution in [2.75, 3.05) is 13.2 Å². The highest BCUT2D eigenvalue weighted by Crippen LogP contribution is 2.29. The highest BCUT2D eigenvalue weighted by atomic mass is 16.5. The van der Waals surface area contributed by atoms with Gasteiger partial charge in [0.25, 0.3) is 5.91 Å². The van der Waals surface area contributed by atoms with Crippen LogP contribution < -0.4 is 15.8 Å². The smallest absolute Gasteiger partial charge is 0.258 e. The Bertz CT molecular complexity index is 643. The molecule has 0 aromatic heterocycles. The molecule has 128 valence electrons. The van der Waals surface area contributed by atoms with Crippen molar-refractivity contribution in [3.05, 3.63) is 54.6 Å². The average Bonchev–Trinajstić information content (AvgIpc) is 2.65. The van der Waals surface area contributed by atoms with Crippen molar-refractivity contribution < 1.29 is 9.53 Å². The molecule has 3 N–H and O–H groups in total. The van der Waals surface area contributed by atoms with Gasteiger partial charge in [0.1, 0.15) is 5.75 Å². The summed E-state index contributed by atoms with van der Waals surface area (Å²) in [6.07, 6.45) is 1.60. The lowest BCUT2D eigenvalue weighted by molar-refractivity contribution is -0.125. The third-order valence-corrected chi connectivity index (χ3v) is 4.48. The molecule has 0 aliphatic heterocycles. The van der Waals surface area contributed by atoms with Crippen LogP contribution >= 0.6 is 0 Å². The van der Waals surface area contributed by atoms with E-state index in [1.165, 1.54) is 0 Å². The summed E-state index contributed by atoms with van der Waals surface area (Å²) in [6.45, 7) is 4.46. The molecule has 1 amide bonds. The van der Waals surface area contributed by atoms with E-state index in [0.29, 0.717) is 12.3 Å². The van der Waals surface area contributed by atoms with Crippen LogP contribution in [0.15, 0.2) is 54.6 Å². The molecule has 0 saturated carbocycles. The Morgan fingerprint density at radius 1 is 1.04 bits per heavy atom. The topological polar surface area (TPSA) is 64.3 Å². The zero-order valence-corrected chi connectivity index (χ0v) is 14.4. The first-order valence-electron chi connectivity index (χ1n) is 8.42. The van der Waals surface area contributed by atoms with Gasteiger partial charge in [0.05, 0.1) is 5.54 Å². The molecule has 0 unspecified atom stereocenters. The van der Waals surface area contributed by atoms with Crippen molar-refractivity contribution in [2.45, 2.75) is 32.2 Å². The summed E-state index contributed by atoms with van der Waals surface area (Å²) < 4.78 is 5.78. The van der Waals surface area contributed by atoms with Crippen molar-refractivity contribution in [2.24, 2.45) is 5.73 Å². The zero-order chi connectivity index (χ0) is 17.4. The Kier molecular flexibility index (Phi) is 6.38. The maximum atomic E-state index is 12.3. The van der Waals surface area contributed by atoms with Crippen molar-refractivity contribution in [3.8, 4) is 16.9 Å². The maximum Gasteiger partial charge on any atom is 0.258 e. The molecule has 0 saturated heterocycles. The van der Waals surface area contributed by atoms with Gasteiger partial charge in [-0.3, -0.25) is 4.79 Å². The van der Waals surface area contributed by atoms with Gasteiger partial charge >= 0.3 is 0 Å². The standard InChI is InChI=1S/C20H26N2O2/c1-3-20(4-2,15-21)22-19(23)14-24-18-13-9-8-12-17(18)16-10-6-5-7-11-16/h5-13H,3-4,14-15,21H2,1-2H3,(H,22,23). The minimum absolute atomic E-state index is 0.0222. The van der Waals surface area contributed by atoms with E-state index in [1.807, 2.05) is 68.4 Å². The van der Waals surface area contributed by atoms with Crippen molar-refractivity contribution >= 4 is 5.91 Å². The number of carbonyl (C=O) groups excluding carboxylic acids is 1. The van der Waals surface area contributed by atoms with Crippen LogP contribution in [-0.2, 0) is 4.79 Å². The minimum Gasteiger partial charge on any atom is -0.483 e. The highest BCUT2D eigenvalue weighted by molar-refractivity contribution is 5.79. The highest BCUT2D eigenvalue weighted by Gasteiger charge is 2.26. The van der Waals surface area contributed by atoms with E-state index in [-0.39, 0.29) is 18.1 Å². The van der Waals surface area contributed by atoms with Gasteiger partial charge in [0, 0.05) is 12.1 Å². The summed E-state index contributed by atoms with van der Waals surface area (Å²) >= 11 is 0. The molecule has 2 aromatic rings. The first kappa shape index (κ1) is 18.0. The van der Waals surface area contributed by atoms with Crippen LogP contribution in [0.3, 0.4) is 0 Å². The molecule has 2 rings (SSSR count). The van der Waals surface area contributed by atoms with Gasteiger partial charge < -0.3 is 15.8 Å². The number of nitrogens with one attached hydrogen (secondary N) is 1. The van der Waals surface area contributed by atoms with Crippen LogP contribution in [0.5, 0.6) is 5.75 Å². The summed E-state index contributed by atoms with van der Waals surface area (Å²) in [5, 5.41) is 3.02. The van der Waals surface area contributed by atoms with Gasteiger partial charge in [-0.2, -0.15) is 0 Å². The van der Waals surface area contributed by atoms with Crippen molar-refractivity contribution in [3.63, 3.8) is 0 Å². The largest absolute Gasteiger partial charge is 0.483 e. The lowest BCUT2D eigenvalue weighted by atomic mass is 9.93. The number of amides is 1. The Labute approximate surface area is 144 Å². The van der Waals surface area contributed by atoms with Gasteiger partial charge in [0.15, 0.2) is 6.61 Å². The lowest BCUT2D eigenvalue weighted by Crippen LogP contribution is -2.54. The second-order valence-corrected chi connectivity index (χ2v) is 5.89. The molecule has 0 spiro atoms. The molecular formula is C20H26N2O2. The van der Waals surface area contributed by atoms with E-state index in [4.69, 9.17) is 10.5 Å². The monoisotopic (exact) mass is 326 g/mol. The molecule has 2 aromatic carbocycles. The molecular weight excluding hydrogens is 300 g/mol. The fraction of sp³-hybridized carbons (Fsp3) is 0.350. The lowest BCUT2D eigenvalue weighted by Gasteiger charge is -2.31. The van der Waals surface area contributed by atoms with Crippen LogP contribution in [0.25, 0.3) is 11.1 Å². The average molecular weight is 326 g/mol. The molecule has 0 bridgehead atoms. The Morgan fingerprint density at radius 2 is 1.67 bits per heavy atom. The number of hydrogen-bond donors (Lipinski definition) is 2. The van der Waals surface area contributed by atoms with Crippen LogP contribution in [0, 0.1) is 0 Å². The Hall–Kier alpha value is -2.33. The van der Waals surface area contributed by atoms with Crippen molar-refractivity contribution in [1.82, 2.24) is 5.32 Å². The van der Waals surface area contributed by atoms with E-state index in [2.05, 4.69) is 5.32 Å². The number of benzene rings is 2. The SMILES string of the molecule is CCC(CC)(CN)NC(=O)COc1ccccc1-c1ccccc1. The van der Waals surface area contributed by atoms with Crippen LogP contribution in [-0.4, -0.2) is 24.6 Å². The molecule has 24 heavy (non-hydrogen) atoms. The summed E-state index contributed by atoms with van der Waals surface area (Å²) in [5.74, 6) is 0.553. The van der Waals surface area contributed by atoms with E-state index in [9.17, 15) is 4.79 Å². The van der Waals surface area contributed by atoms with Crippen LogP contribution in [0.1, 0.15) is 26.7 Å². The fourth-order valence-electron chi connectivity index (χ4n) is 2.69. The zero-order valence-electron chi connectivity index (χ0n) is 14.4. The van der Waals surface area contributed by atoms with E-state index < -0.39 is 0 Å². The number of rotatable bonds is 8. The van der Waals surface area contributed by atoms with Gasteiger partial charge in [0.2, 0.25) is 0 Å². The van der Waals surface area contributed by atoms with Gasteiger partial charge in [-0.1, -0.05) is 62.4 Å². The van der Waals surface area contributed by atoms with Crippen LogP contribution in [0.2, 0.25) is 0 Å². The molecule has 0 heterocycles. The first-order chi connectivity index (χ1) is 11.6. The van der Waals surface area contributed by atoms with E-state index >= 15 is 0 Å². The van der Waals surface area contributed by atoms with E-state index in [0.717, 1.165) is 24.0 Å². The first-order valence-corrected chi connectivity index (χ1v) is 8.42.